The summed E-state index contributed by atoms with van der Waals surface area (Å²) in [6.07, 6.45) is 1.90. The summed E-state index contributed by atoms with van der Waals surface area (Å²) in [4.78, 5) is 14.0. The van der Waals surface area contributed by atoms with Crippen LogP contribution in [0.25, 0.3) is 11.6 Å². The fourth-order valence-corrected chi connectivity index (χ4v) is 3.62. The third kappa shape index (κ3) is 6.41. The van der Waals surface area contributed by atoms with Gasteiger partial charge in [0, 0.05) is 27.8 Å². The fourth-order valence-electron chi connectivity index (χ4n) is 2.72. The number of rotatable bonds is 8. The van der Waals surface area contributed by atoms with Crippen molar-refractivity contribution in [2.45, 2.75) is 4.90 Å². The maximum absolute atomic E-state index is 12.9. The van der Waals surface area contributed by atoms with E-state index >= 15 is 0 Å². The summed E-state index contributed by atoms with van der Waals surface area (Å²) in [6.45, 7) is 0.568. The zero-order chi connectivity index (χ0) is 20.5. The molecule has 0 aromatic heterocycles. The third-order valence-electron chi connectivity index (χ3n) is 4.23. The van der Waals surface area contributed by atoms with E-state index in [4.69, 9.17) is 16.3 Å². The first-order valence-corrected chi connectivity index (χ1v) is 10.6. The number of amides is 1. The molecule has 0 unspecified atom stereocenters. The van der Waals surface area contributed by atoms with Crippen LogP contribution in [0, 0.1) is 0 Å². The van der Waals surface area contributed by atoms with Crippen molar-refractivity contribution in [3.05, 3.63) is 95.0 Å². The Labute approximate surface area is 180 Å². The standard InChI is InChI=1S/C24H22ClNO2S/c1-28-21-11-7-18(8-12-21)17-23(19-5-3-2-4-6-19)24(27)26-15-16-29-22-13-9-20(25)10-14-22/h2-14,17H,15-16H2,1H3,(H,26,27)/b23-17+. The van der Waals surface area contributed by atoms with Gasteiger partial charge in [-0.2, -0.15) is 0 Å². The normalized spacial score (nSPS) is 11.2. The van der Waals surface area contributed by atoms with Crippen LogP contribution in [0.3, 0.4) is 0 Å². The van der Waals surface area contributed by atoms with Crippen molar-refractivity contribution < 1.29 is 9.53 Å². The highest BCUT2D eigenvalue weighted by molar-refractivity contribution is 7.99. The van der Waals surface area contributed by atoms with Gasteiger partial charge < -0.3 is 10.1 Å². The molecule has 0 saturated carbocycles. The number of halogens is 1. The average molecular weight is 424 g/mol. The van der Waals surface area contributed by atoms with Crippen molar-refractivity contribution in [1.29, 1.82) is 0 Å². The van der Waals surface area contributed by atoms with Crippen molar-refractivity contribution in [3.8, 4) is 5.75 Å². The van der Waals surface area contributed by atoms with Crippen molar-refractivity contribution in [2.24, 2.45) is 0 Å². The van der Waals surface area contributed by atoms with Gasteiger partial charge in [-0.25, -0.2) is 0 Å². The van der Waals surface area contributed by atoms with E-state index in [1.54, 1.807) is 18.9 Å². The quantitative estimate of drug-likeness (QED) is 0.215. The molecule has 1 amide bonds. The van der Waals surface area contributed by atoms with Crippen LogP contribution in [0.4, 0.5) is 0 Å². The largest absolute Gasteiger partial charge is 0.497 e. The topological polar surface area (TPSA) is 38.3 Å². The summed E-state index contributed by atoms with van der Waals surface area (Å²) < 4.78 is 5.21. The number of benzene rings is 3. The van der Waals surface area contributed by atoms with Gasteiger partial charge in [-0.05, 0) is 53.6 Å². The molecule has 0 spiro atoms. The fraction of sp³-hybridized carbons (Fsp3) is 0.125. The molecular formula is C24H22ClNO2S. The maximum atomic E-state index is 12.9. The average Bonchev–Trinajstić information content (AvgIpc) is 2.77. The van der Waals surface area contributed by atoms with E-state index < -0.39 is 0 Å². The van der Waals surface area contributed by atoms with Gasteiger partial charge in [0.05, 0.1) is 7.11 Å². The number of nitrogens with one attached hydrogen (secondary N) is 1. The predicted octanol–water partition coefficient (Wildman–Crippen LogP) is 5.80. The SMILES string of the molecule is COc1ccc(/C=C(/C(=O)NCCSc2ccc(Cl)cc2)c2ccccc2)cc1. The van der Waals surface area contributed by atoms with Crippen LogP contribution < -0.4 is 10.1 Å². The number of thioether (sulfide) groups is 1. The molecule has 148 valence electrons. The van der Waals surface area contributed by atoms with Crippen molar-refractivity contribution >= 4 is 40.9 Å². The van der Waals surface area contributed by atoms with Gasteiger partial charge in [-0.1, -0.05) is 54.1 Å². The number of hydrogen-bond acceptors (Lipinski definition) is 3. The minimum atomic E-state index is -0.0938. The van der Waals surface area contributed by atoms with Gasteiger partial charge in [-0.3, -0.25) is 4.79 Å². The van der Waals surface area contributed by atoms with Crippen LogP contribution in [0.15, 0.2) is 83.8 Å². The lowest BCUT2D eigenvalue weighted by molar-refractivity contribution is -0.115. The zero-order valence-electron chi connectivity index (χ0n) is 16.1. The highest BCUT2D eigenvalue weighted by Gasteiger charge is 2.11. The molecule has 3 rings (SSSR count). The molecule has 3 aromatic carbocycles. The lowest BCUT2D eigenvalue weighted by atomic mass is 10.0. The Morgan fingerprint density at radius 1 is 1.00 bits per heavy atom. The second kappa shape index (κ2) is 10.7. The van der Waals surface area contributed by atoms with E-state index in [1.165, 1.54) is 0 Å². The molecule has 0 heterocycles. The predicted molar refractivity (Wildman–Crippen MR) is 122 cm³/mol. The molecule has 0 saturated heterocycles. The van der Waals surface area contributed by atoms with Gasteiger partial charge in [-0.15, -0.1) is 11.8 Å². The molecular weight excluding hydrogens is 402 g/mol. The highest BCUT2D eigenvalue weighted by atomic mass is 35.5. The van der Waals surface area contributed by atoms with Crippen LogP contribution in [-0.4, -0.2) is 25.3 Å². The third-order valence-corrected chi connectivity index (χ3v) is 5.49. The summed E-state index contributed by atoms with van der Waals surface area (Å²) >= 11 is 7.59. The van der Waals surface area contributed by atoms with E-state index in [9.17, 15) is 4.79 Å². The first-order chi connectivity index (χ1) is 14.2. The molecule has 29 heavy (non-hydrogen) atoms. The first kappa shape index (κ1) is 21.0. The first-order valence-electron chi connectivity index (χ1n) is 9.23. The molecule has 0 atom stereocenters. The molecule has 0 aliphatic heterocycles. The van der Waals surface area contributed by atoms with Crippen LogP contribution in [0.1, 0.15) is 11.1 Å². The highest BCUT2D eigenvalue weighted by Crippen LogP contribution is 2.22. The number of hydrogen-bond donors (Lipinski definition) is 1. The van der Waals surface area contributed by atoms with Gasteiger partial charge >= 0.3 is 0 Å². The number of carbonyl (C=O) groups is 1. The second-order valence-electron chi connectivity index (χ2n) is 6.26. The molecule has 0 radical (unpaired) electrons. The van der Waals surface area contributed by atoms with Gasteiger partial charge in [0.2, 0.25) is 0 Å². The second-order valence-corrected chi connectivity index (χ2v) is 7.86. The van der Waals surface area contributed by atoms with E-state index in [1.807, 2.05) is 84.9 Å². The summed E-state index contributed by atoms with van der Waals surface area (Å²) in [5.74, 6) is 1.47. The van der Waals surface area contributed by atoms with Crippen LogP contribution >= 0.6 is 23.4 Å². The molecule has 0 fully saturated rings. The van der Waals surface area contributed by atoms with Crippen molar-refractivity contribution in [3.63, 3.8) is 0 Å². The van der Waals surface area contributed by atoms with E-state index in [2.05, 4.69) is 5.32 Å². The monoisotopic (exact) mass is 423 g/mol. The Morgan fingerprint density at radius 3 is 2.34 bits per heavy atom. The molecule has 5 heteroatoms. The molecule has 3 aromatic rings. The summed E-state index contributed by atoms with van der Waals surface area (Å²) in [5.41, 5.74) is 2.45. The minimum Gasteiger partial charge on any atom is -0.497 e. The summed E-state index contributed by atoms with van der Waals surface area (Å²) in [6, 6.07) is 25.0. The Balaban J connectivity index is 1.67. The summed E-state index contributed by atoms with van der Waals surface area (Å²) in [5, 5.41) is 3.75. The van der Waals surface area contributed by atoms with Gasteiger partial charge in [0.25, 0.3) is 5.91 Å². The zero-order valence-corrected chi connectivity index (χ0v) is 17.7. The number of carbonyl (C=O) groups excluding carboxylic acids is 1. The Kier molecular flexibility index (Phi) is 7.79. The van der Waals surface area contributed by atoms with Crippen LogP contribution in [-0.2, 0) is 4.79 Å². The van der Waals surface area contributed by atoms with E-state index in [0.29, 0.717) is 12.1 Å². The van der Waals surface area contributed by atoms with E-state index in [-0.39, 0.29) is 5.91 Å². The van der Waals surface area contributed by atoms with Gasteiger partial charge in [0.1, 0.15) is 5.75 Å². The maximum Gasteiger partial charge on any atom is 0.251 e. The molecule has 0 bridgehead atoms. The van der Waals surface area contributed by atoms with E-state index in [0.717, 1.165) is 32.5 Å². The van der Waals surface area contributed by atoms with Crippen molar-refractivity contribution in [1.82, 2.24) is 5.32 Å². The van der Waals surface area contributed by atoms with Crippen LogP contribution in [0.2, 0.25) is 5.02 Å². The molecule has 0 aliphatic rings. The lowest BCUT2D eigenvalue weighted by Gasteiger charge is -2.10. The summed E-state index contributed by atoms with van der Waals surface area (Å²) in [7, 11) is 1.63. The molecule has 1 N–H and O–H groups in total. The smallest absolute Gasteiger partial charge is 0.251 e. The Hall–Kier alpha value is -2.69. The number of ether oxygens (including phenoxy) is 1. The minimum absolute atomic E-state index is 0.0938. The van der Waals surface area contributed by atoms with Gasteiger partial charge in [0.15, 0.2) is 0 Å². The molecule has 0 aliphatic carbocycles. The molecule has 3 nitrogen and oxygen atoms in total. The van der Waals surface area contributed by atoms with Crippen molar-refractivity contribution in [2.75, 3.05) is 19.4 Å². The Bertz CT molecular complexity index is 954. The lowest BCUT2D eigenvalue weighted by Crippen LogP contribution is -2.26. The Morgan fingerprint density at radius 2 is 1.69 bits per heavy atom. The number of methoxy groups -OCH3 is 1. The van der Waals surface area contributed by atoms with Crippen LogP contribution in [0.5, 0.6) is 5.75 Å².